The van der Waals surface area contributed by atoms with Gasteiger partial charge in [-0.3, -0.25) is 10.1 Å². The van der Waals surface area contributed by atoms with Crippen LogP contribution in [0.2, 0.25) is 0 Å². The first-order valence-corrected chi connectivity index (χ1v) is 6.75. The number of nitrogens with one attached hydrogen (secondary N) is 1. The van der Waals surface area contributed by atoms with Crippen molar-refractivity contribution in [2.45, 2.75) is 33.4 Å². The second-order valence-electron chi connectivity index (χ2n) is 4.64. The summed E-state index contributed by atoms with van der Waals surface area (Å²) < 4.78 is 10.5. The Balaban J connectivity index is 2.71. The van der Waals surface area contributed by atoms with Gasteiger partial charge in [0, 0.05) is 25.3 Å². The van der Waals surface area contributed by atoms with Crippen molar-refractivity contribution in [2.24, 2.45) is 0 Å². The highest BCUT2D eigenvalue weighted by Gasteiger charge is 2.16. The molecule has 0 aliphatic carbocycles. The topological polar surface area (TPSA) is 73.6 Å². The van der Waals surface area contributed by atoms with Crippen LogP contribution in [0.4, 0.5) is 5.69 Å². The molecule has 0 saturated carbocycles. The van der Waals surface area contributed by atoms with Crippen LogP contribution in [0.5, 0.6) is 5.75 Å². The molecular formula is C14H22N2O4. The Hall–Kier alpha value is -1.66. The third-order valence-electron chi connectivity index (χ3n) is 2.62. The van der Waals surface area contributed by atoms with Crippen LogP contribution < -0.4 is 10.1 Å². The summed E-state index contributed by atoms with van der Waals surface area (Å²) in [5.41, 5.74) is 0.854. The van der Waals surface area contributed by atoms with Gasteiger partial charge in [-0.2, -0.15) is 0 Å². The zero-order valence-corrected chi connectivity index (χ0v) is 12.2. The van der Waals surface area contributed by atoms with Crippen molar-refractivity contribution in [2.75, 3.05) is 19.8 Å². The van der Waals surface area contributed by atoms with E-state index in [1.807, 2.05) is 26.8 Å². The average molecular weight is 282 g/mol. The predicted octanol–water partition coefficient (Wildman–Crippen LogP) is 2.51. The molecule has 0 amide bonds. The lowest BCUT2D eigenvalue weighted by Crippen LogP contribution is -2.21. The highest BCUT2D eigenvalue weighted by atomic mass is 16.6. The minimum atomic E-state index is -0.422. The lowest BCUT2D eigenvalue weighted by Gasteiger charge is -2.10. The maximum atomic E-state index is 11.1. The monoisotopic (exact) mass is 282 g/mol. The van der Waals surface area contributed by atoms with Crippen molar-refractivity contribution in [3.05, 3.63) is 33.9 Å². The van der Waals surface area contributed by atoms with E-state index in [1.165, 1.54) is 0 Å². The van der Waals surface area contributed by atoms with Gasteiger partial charge in [0.25, 0.3) is 0 Å². The number of hydrogen-bond donors (Lipinski definition) is 1. The van der Waals surface area contributed by atoms with Crippen LogP contribution in [0.1, 0.15) is 26.3 Å². The largest absolute Gasteiger partial charge is 0.484 e. The van der Waals surface area contributed by atoms with Crippen LogP contribution in [0.15, 0.2) is 18.2 Å². The summed E-state index contributed by atoms with van der Waals surface area (Å²) >= 11 is 0. The smallest absolute Gasteiger partial charge is 0.311 e. The van der Waals surface area contributed by atoms with Gasteiger partial charge < -0.3 is 14.8 Å². The molecule has 1 N–H and O–H groups in total. The first kappa shape index (κ1) is 16.4. The Bertz CT molecular complexity index is 435. The van der Waals surface area contributed by atoms with E-state index >= 15 is 0 Å². The number of nitrogens with zero attached hydrogens (tertiary/aromatic N) is 1. The summed E-state index contributed by atoms with van der Waals surface area (Å²) in [4.78, 5) is 10.7. The Kier molecular flexibility index (Phi) is 6.97. The van der Waals surface area contributed by atoms with Crippen molar-refractivity contribution in [1.29, 1.82) is 0 Å². The fraction of sp³-hybridized carbons (Fsp3) is 0.571. The van der Waals surface area contributed by atoms with Crippen molar-refractivity contribution in [1.82, 2.24) is 5.32 Å². The van der Waals surface area contributed by atoms with E-state index in [0.717, 1.165) is 5.56 Å². The molecule has 6 heteroatoms. The molecule has 1 rings (SSSR count). The quantitative estimate of drug-likeness (QED) is 0.428. The highest BCUT2D eigenvalue weighted by Crippen LogP contribution is 2.27. The van der Waals surface area contributed by atoms with E-state index < -0.39 is 4.92 Å². The van der Waals surface area contributed by atoms with E-state index in [-0.39, 0.29) is 11.4 Å². The fourth-order valence-electron chi connectivity index (χ4n) is 1.61. The molecule has 0 bridgehead atoms. The summed E-state index contributed by atoms with van der Waals surface area (Å²) in [6.07, 6.45) is 0. The molecule has 0 heterocycles. The first-order valence-electron chi connectivity index (χ1n) is 6.75. The number of ether oxygens (including phenoxy) is 2. The standard InChI is InChI=1S/C14H22N2O4/c1-4-19-7-8-20-14-6-5-12(10-15-11(2)3)9-13(14)16(17)18/h5-6,9,11,15H,4,7-8,10H2,1-3H3. The summed E-state index contributed by atoms with van der Waals surface area (Å²) in [6, 6.07) is 5.35. The highest BCUT2D eigenvalue weighted by molar-refractivity contribution is 5.48. The molecule has 0 spiro atoms. The molecule has 0 unspecified atom stereocenters. The molecule has 0 saturated heterocycles. The van der Waals surface area contributed by atoms with Crippen LogP contribution >= 0.6 is 0 Å². The Morgan fingerprint density at radius 2 is 2.10 bits per heavy atom. The average Bonchev–Trinajstić information content (AvgIpc) is 2.41. The van der Waals surface area contributed by atoms with Gasteiger partial charge in [0.1, 0.15) is 6.61 Å². The zero-order chi connectivity index (χ0) is 15.0. The molecule has 0 radical (unpaired) electrons. The molecule has 6 nitrogen and oxygen atoms in total. The van der Waals surface area contributed by atoms with Gasteiger partial charge in [0.2, 0.25) is 0 Å². The summed E-state index contributed by atoms with van der Waals surface area (Å²) in [5, 5.41) is 14.3. The van der Waals surface area contributed by atoms with Crippen molar-refractivity contribution >= 4 is 5.69 Å². The Morgan fingerprint density at radius 3 is 2.70 bits per heavy atom. The number of nitro groups is 1. The number of nitro benzene ring substituents is 1. The molecule has 0 aromatic heterocycles. The molecular weight excluding hydrogens is 260 g/mol. The lowest BCUT2D eigenvalue weighted by atomic mass is 10.2. The van der Waals surface area contributed by atoms with Crippen LogP contribution in [-0.2, 0) is 11.3 Å². The van der Waals surface area contributed by atoms with E-state index in [4.69, 9.17) is 9.47 Å². The number of benzene rings is 1. The van der Waals surface area contributed by atoms with Crippen molar-refractivity contribution in [3.8, 4) is 5.75 Å². The van der Waals surface area contributed by atoms with Crippen LogP contribution in [0.3, 0.4) is 0 Å². The van der Waals surface area contributed by atoms with E-state index in [0.29, 0.717) is 32.4 Å². The van der Waals surface area contributed by atoms with Crippen LogP contribution in [0, 0.1) is 10.1 Å². The minimum Gasteiger partial charge on any atom is -0.484 e. The summed E-state index contributed by atoms with van der Waals surface area (Å²) in [5.74, 6) is 0.281. The summed E-state index contributed by atoms with van der Waals surface area (Å²) in [7, 11) is 0. The molecule has 1 aromatic rings. The van der Waals surface area contributed by atoms with E-state index in [2.05, 4.69) is 5.32 Å². The SMILES string of the molecule is CCOCCOc1ccc(CNC(C)C)cc1[N+](=O)[O-]. The van der Waals surface area contributed by atoms with Crippen LogP contribution in [0.25, 0.3) is 0 Å². The maximum absolute atomic E-state index is 11.1. The zero-order valence-electron chi connectivity index (χ0n) is 12.2. The normalized spacial score (nSPS) is 10.8. The van der Waals surface area contributed by atoms with E-state index in [9.17, 15) is 10.1 Å². The Labute approximate surface area is 119 Å². The summed E-state index contributed by atoms with van der Waals surface area (Å²) in [6.45, 7) is 7.86. The number of rotatable bonds is 9. The molecule has 0 atom stereocenters. The lowest BCUT2D eigenvalue weighted by molar-refractivity contribution is -0.386. The third kappa shape index (κ3) is 5.54. The maximum Gasteiger partial charge on any atom is 0.311 e. The molecule has 0 fully saturated rings. The van der Waals surface area contributed by atoms with Gasteiger partial charge in [0.05, 0.1) is 11.5 Å². The molecule has 0 aliphatic heterocycles. The first-order chi connectivity index (χ1) is 9.54. The van der Waals surface area contributed by atoms with Gasteiger partial charge in [-0.25, -0.2) is 0 Å². The minimum absolute atomic E-state index is 0.00967. The second kappa shape index (κ2) is 8.50. The van der Waals surface area contributed by atoms with Crippen LogP contribution in [-0.4, -0.2) is 30.8 Å². The third-order valence-corrected chi connectivity index (χ3v) is 2.62. The molecule has 20 heavy (non-hydrogen) atoms. The Morgan fingerprint density at radius 1 is 1.35 bits per heavy atom. The van der Waals surface area contributed by atoms with Gasteiger partial charge in [0.15, 0.2) is 5.75 Å². The second-order valence-corrected chi connectivity index (χ2v) is 4.64. The molecule has 1 aromatic carbocycles. The molecule has 0 aliphatic rings. The van der Waals surface area contributed by atoms with Crippen molar-refractivity contribution < 1.29 is 14.4 Å². The van der Waals surface area contributed by atoms with Gasteiger partial charge in [-0.05, 0) is 18.6 Å². The fourth-order valence-corrected chi connectivity index (χ4v) is 1.61. The van der Waals surface area contributed by atoms with E-state index in [1.54, 1.807) is 12.1 Å². The molecule has 112 valence electrons. The van der Waals surface area contributed by atoms with Crippen molar-refractivity contribution in [3.63, 3.8) is 0 Å². The number of hydrogen-bond acceptors (Lipinski definition) is 5. The predicted molar refractivity (Wildman–Crippen MR) is 77.1 cm³/mol. The van der Waals surface area contributed by atoms with Gasteiger partial charge in [-0.1, -0.05) is 19.9 Å². The van der Waals surface area contributed by atoms with Gasteiger partial charge in [-0.15, -0.1) is 0 Å². The van der Waals surface area contributed by atoms with Gasteiger partial charge >= 0.3 is 5.69 Å².